The van der Waals surface area contributed by atoms with Gasteiger partial charge in [0.15, 0.2) is 0 Å². The molecule has 1 aliphatic heterocycles. The fraction of sp³-hybridized carbons (Fsp3) is 0.364. The van der Waals surface area contributed by atoms with Crippen LogP contribution in [0.3, 0.4) is 0 Å². The summed E-state index contributed by atoms with van der Waals surface area (Å²) < 4.78 is 0. The number of aromatic nitrogens is 1. The van der Waals surface area contributed by atoms with Gasteiger partial charge in [-0.05, 0) is 6.07 Å². The third kappa shape index (κ3) is 2.50. The van der Waals surface area contributed by atoms with Gasteiger partial charge >= 0.3 is 0 Å². The van der Waals surface area contributed by atoms with E-state index in [0.717, 1.165) is 0 Å². The highest BCUT2D eigenvalue weighted by molar-refractivity contribution is 5.98. The predicted octanol–water partition coefficient (Wildman–Crippen LogP) is -0.911. The number of nitrogens with two attached hydrogens (primary N) is 2. The van der Waals surface area contributed by atoms with Crippen LogP contribution in [0.2, 0.25) is 0 Å². The Morgan fingerprint density at radius 2 is 2.22 bits per heavy atom. The molecule has 18 heavy (non-hydrogen) atoms. The van der Waals surface area contributed by atoms with Crippen molar-refractivity contribution in [3.8, 4) is 0 Å². The lowest BCUT2D eigenvalue weighted by Crippen LogP contribution is -2.29. The molecule has 5 N–H and O–H groups in total. The zero-order valence-electron chi connectivity index (χ0n) is 9.85. The van der Waals surface area contributed by atoms with E-state index in [2.05, 4.69) is 10.3 Å². The molecular weight excluding hydrogens is 234 g/mol. The summed E-state index contributed by atoms with van der Waals surface area (Å²) in [4.78, 5) is 28.5. The first-order valence-corrected chi connectivity index (χ1v) is 5.65. The van der Waals surface area contributed by atoms with E-state index in [9.17, 15) is 9.59 Å². The number of rotatable bonds is 2. The van der Waals surface area contributed by atoms with E-state index in [1.807, 2.05) is 4.90 Å². The normalized spacial score (nSPS) is 16.0. The molecule has 2 rings (SSSR count). The topological polar surface area (TPSA) is 114 Å². The number of primary amides is 1. The van der Waals surface area contributed by atoms with Gasteiger partial charge in [-0.25, -0.2) is 4.98 Å². The standard InChI is InChI=1S/C11H15N5O2/c12-8-6-15-9(5-7(8)11(13)18)16-3-1-10(17)14-2-4-16/h5-6H,1-4,12H2,(H2,13,18)(H,14,17). The highest BCUT2D eigenvalue weighted by Crippen LogP contribution is 2.18. The van der Waals surface area contributed by atoms with Gasteiger partial charge in [-0.15, -0.1) is 0 Å². The summed E-state index contributed by atoms with van der Waals surface area (Å²) in [5.74, 6) is 0.0396. The molecule has 2 heterocycles. The van der Waals surface area contributed by atoms with Crippen LogP contribution in [0.25, 0.3) is 0 Å². The van der Waals surface area contributed by atoms with E-state index in [1.165, 1.54) is 6.20 Å². The Labute approximate surface area is 104 Å². The quantitative estimate of drug-likeness (QED) is 0.627. The zero-order chi connectivity index (χ0) is 13.1. The molecular formula is C11H15N5O2. The van der Waals surface area contributed by atoms with Gasteiger partial charge in [-0.1, -0.05) is 0 Å². The number of carbonyl (C=O) groups is 2. The van der Waals surface area contributed by atoms with Crippen LogP contribution in [0.4, 0.5) is 11.5 Å². The van der Waals surface area contributed by atoms with Crippen molar-refractivity contribution >= 4 is 23.3 Å². The van der Waals surface area contributed by atoms with Gasteiger partial charge in [0.05, 0.1) is 17.4 Å². The molecule has 0 saturated carbocycles. The van der Waals surface area contributed by atoms with Crippen molar-refractivity contribution in [1.29, 1.82) is 0 Å². The second kappa shape index (κ2) is 4.91. The van der Waals surface area contributed by atoms with Crippen molar-refractivity contribution in [2.75, 3.05) is 30.3 Å². The van der Waals surface area contributed by atoms with Gasteiger partial charge in [0, 0.05) is 26.1 Å². The van der Waals surface area contributed by atoms with Crippen LogP contribution in [-0.4, -0.2) is 36.4 Å². The van der Waals surface area contributed by atoms with Crippen LogP contribution < -0.4 is 21.7 Å². The summed E-state index contributed by atoms with van der Waals surface area (Å²) in [6, 6.07) is 1.56. The number of hydrogen-bond donors (Lipinski definition) is 3. The Hall–Kier alpha value is -2.31. The molecule has 1 aliphatic rings. The van der Waals surface area contributed by atoms with Crippen LogP contribution in [0, 0.1) is 0 Å². The highest BCUT2D eigenvalue weighted by Gasteiger charge is 2.16. The van der Waals surface area contributed by atoms with E-state index >= 15 is 0 Å². The molecule has 2 amide bonds. The van der Waals surface area contributed by atoms with Crippen molar-refractivity contribution in [3.05, 3.63) is 17.8 Å². The van der Waals surface area contributed by atoms with Crippen molar-refractivity contribution in [3.63, 3.8) is 0 Å². The first-order chi connectivity index (χ1) is 8.58. The first-order valence-electron chi connectivity index (χ1n) is 5.65. The molecule has 0 spiro atoms. The molecule has 7 heteroatoms. The fourth-order valence-electron chi connectivity index (χ4n) is 1.84. The average molecular weight is 249 g/mol. The molecule has 96 valence electrons. The Morgan fingerprint density at radius 3 is 2.94 bits per heavy atom. The summed E-state index contributed by atoms with van der Waals surface area (Å²) in [5.41, 5.74) is 11.4. The Bertz CT molecular complexity index is 488. The predicted molar refractivity (Wildman–Crippen MR) is 67.0 cm³/mol. The maximum atomic E-state index is 11.2. The highest BCUT2D eigenvalue weighted by atomic mass is 16.2. The Morgan fingerprint density at radius 1 is 1.44 bits per heavy atom. The van der Waals surface area contributed by atoms with Crippen molar-refractivity contribution in [1.82, 2.24) is 10.3 Å². The van der Waals surface area contributed by atoms with Crippen LogP contribution in [0.15, 0.2) is 12.3 Å². The number of carbonyl (C=O) groups excluding carboxylic acids is 2. The van der Waals surface area contributed by atoms with Crippen molar-refractivity contribution in [2.45, 2.75) is 6.42 Å². The number of pyridine rings is 1. The molecule has 0 atom stereocenters. The molecule has 1 aromatic rings. The lowest BCUT2D eigenvalue weighted by molar-refractivity contribution is -0.120. The van der Waals surface area contributed by atoms with E-state index in [1.54, 1.807) is 6.07 Å². The third-order valence-electron chi connectivity index (χ3n) is 2.82. The number of anilines is 2. The summed E-state index contributed by atoms with van der Waals surface area (Å²) in [5, 5.41) is 2.77. The minimum Gasteiger partial charge on any atom is -0.397 e. The van der Waals surface area contributed by atoms with E-state index < -0.39 is 5.91 Å². The summed E-state index contributed by atoms with van der Waals surface area (Å²) in [6.45, 7) is 1.75. The van der Waals surface area contributed by atoms with E-state index in [0.29, 0.717) is 31.9 Å². The summed E-state index contributed by atoms with van der Waals surface area (Å²) in [7, 11) is 0. The fourth-order valence-corrected chi connectivity index (χ4v) is 1.84. The lowest BCUT2D eigenvalue weighted by atomic mass is 10.2. The molecule has 0 radical (unpaired) electrons. The second-order valence-corrected chi connectivity index (χ2v) is 4.08. The maximum absolute atomic E-state index is 11.2. The Balaban J connectivity index is 2.25. The minimum atomic E-state index is -0.583. The summed E-state index contributed by atoms with van der Waals surface area (Å²) in [6.07, 6.45) is 1.81. The van der Waals surface area contributed by atoms with Crippen molar-refractivity contribution in [2.24, 2.45) is 5.73 Å². The van der Waals surface area contributed by atoms with Crippen molar-refractivity contribution < 1.29 is 9.59 Å². The van der Waals surface area contributed by atoms with Crippen LogP contribution in [0.1, 0.15) is 16.8 Å². The SMILES string of the molecule is NC(=O)c1cc(N2CCNC(=O)CC2)ncc1N. The molecule has 0 unspecified atom stereocenters. The smallest absolute Gasteiger partial charge is 0.250 e. The van der Waals surface area contributed by atoms with Gasteiger partial charge in [0.1, 0.15) is 5.82 Å². The van der Waals surface area contributed by atoms with Crippen LogP contribution in [-0.2, 0) is 4.79 Å². The lowest BCUT2D eigenvalue weighted by Gasteiger charge is -2.21. The van der Waals surface area contributed by atoms with Crippen LogP contribution in [0.5, 0.6) is 0 Å². The second-order valence-electron chi connectivity index (χ2n) is 4.08. The Kier molecular flexibility index (Phi) is 3.31. The van der Waals surface area contributed by atoms with Gasteiger partial charge in [-0.2, -0.15) is 0 Å². The molecule has 1 fully saturated rings. The zero-order valence-corrected chi connectivity index (χ0v) is 9.85. The number of nitrogens with zero attached hydrogens (tertiary/aromatic N) is 2. The summed E-state index contributed by atoms with van der Waals surface area (Å²) >= 11 is 0. The number of nitrogens with one attached hydrogen (secondary N) is 1. The molecule has 7 nitrogen and oxygen atoms in total. The van der Waals surface area contributed by atoms with Gasteiger partial charge in [-0.3, -0.25) is 9.59 Å². The van der Waals surface area contributed by atoms with Gasteiger partial charge < -0.3 is 21.7 Å². The third-order valence-corrected chi connectivity index (χ3v) is 2.82. The molecule has 0 aromatic carbocycles. The molecule has 1 aromatic heterocycles. The maximum Gasteiger partial charge on any atom is 0.250 e. The molecule has 1 saturated heterocycles. The number of nitrogen functional groups attached to an aromatic ring is 1. The van der Waals surface area contributed by atoms with Gasteiger partial charge in [0.25, 0.3) is 5.91 Å². The number of amides is 2. The largest absolute Gasteiger partial charge is 0.397 e. The molecule has 0 bridgehead atoms. The monoisotopic (exact) mass is 249 g/mol. The van der Waals surface area contributed by atoms with Gasteiger partial charge in [0.2, 0.25) is 5.91 Å². The van der Waals surface area contributed by atoms with E-state index in [-0.39, 0.29) is 17.2 Å². The first kappa shape index (κ1) is 12.2. The minimum absolute atomic E-state index is 0.0167. The molecule has 0 aliphatic carbocycles. The van der Waals surface area contributed by atoms with E-state index in [4.69, 9.17) is 11.5 Å². The average Bonchev–Trinajstić information content (AvgIpc) is 2.54. The number of hydrogen-bond acceptors (Lipinski definition) is 5. The van der Waals surface area contributed by atoms with Crippen LogP contribution >= 0.6 is 0 Å².